The van der Waals surface area contributed by atoms with E-state index in [1.165, 1.54) is 36.4 Å². The van der Waals surface area contributed by atoms with Crippen molar-refractivity contribution in [2.75, 3.05) is 4.90 Å². The van der Waals surface area contributed by atoms with E-state index in [0.29, 0.717) is 11.3 Å². The van der Waals surface area contributed by atoms with Gasteiger partial charge in [0.2, 0.25) is 15.9 Å². The van der Waals surface area contributed by atoms with Crippen molar-refractivity contribution in [1.29, 1.82) is 5.26 Å². The molecule has 1 saturated heterocycles. The van der Waals surface area contributed by atoms with E-state index in [4.69, 9.17) is 5.26 Å². The third-order valence-electron chi connectivity index (χ3n) is 4.62. The molecular formula is C21H21N3O4S. The molecule has 150 valence electrons. The fraction of sp³-hybridized carbons (Fsp3) is 0.286. The van der Waals surface area contributed by atoms with Crippen LogP contribution >= 0.6 is 0 Å². The highest BCUT2D eigenvalue weighted by atomic mass is 32.2. The van der Waals surface area contributed by atoms with Crippen molar-refractivity contribution in [2.24, 2.45) is 0 Å². The molecule has 1 heterocycles. The minimum absolute atomic E-state index is 0.0620. The van der Waals surface area contributed by atoms with E-state index < -0.39 is 33.4 Å². The summed E-state index contributed by atoms with van der Waals surface area (Å²) >= 11 is 0. The Hall–Kier alpha value is -3.02. The van der Waals surface area contributed by atoms with Gasteiger partial charge in [0.05, 0.1) is 28.6 Å². The molecule has 8 heteroatoms. The number of benzene rings is 2. The smallest absolute Gasteiger partial charge is 0.252 e. The lowest BCUT2D eigenvalue weighted by Crippen LogP contribution is -2.54. The Kier molecular flexibility index (Phi) is 5.30. The summed E-state index contributed by atoms with van der Waals surface area (Å²) in [6, 6.07) is 14.7. The van der Waals surface area contributed by atoms with Crippen LogP contribution in [0.3, 0.4) is 0 Å². The number of nitrogens with zero attached hydrogens (tertiary/aromatic N) is 3. The monoisotopic (exact) mass is 411 g/mol. The molecule has 1 aliphatic rings. The van der Waals surface area contributed by atoms with Crippen molar-refractivity contribution in [3.05, 3.63) is 60.2 Å². The molecule has 2 amide bonds. The molecule has 0 aromatic heterocycles. The number of rotatable bonds is 4. The molecule has 2 aromatic carbocycles. The summed E-state index contributed by atoms with van der Waals surface area (Å²) in [6.45, 7) is 5.07. The van der Waals surface area contributed by atoms with Crippen LogP contribution in [0, 0.1) is 11.3 Å². The molecule has 0 spiro atoms. The van der Waals surface area contributed by atoms with E-state index in [-0.39, 0.29) is 11.3 Å². The van der Waals surface area contributed by atoms with Crippen molar-refractivity contribution in [3.8, 4) is 6.07 Å². The predicted molar refractivity (Wildman–Crippen MR) is 107 cm³/mol. The van der Waals surface area contributed by atoms with Gasteiger partial charge in [0.1, 0.15) is 6.04 Å². The molecule has 0 aliphatic carbocycles. The van der Waals surface area contributed by atoms with E-state index in [0.717, 1.165) is 9.21 Å². The van der Waals surface area contributed by atoms with Gasteiger partial charge in [-0.2, -0.15) is 9.57 Å². The van der Waals surface area contributed by atoms with Crippen LogP contribution in [0.15, 0.2) is 59.5 Å². The number of sulfonamides is 1. The summed E-state index contributed by atoms with van der Waals surface area (Å²) in [4.78, 5) is 26.9. The van der Waals surface area contributed by atoms with Crippen LogP contribution in [0.4, 0.5) is 5.69 Å². The van der Waals surface area contributed by atoms with Crippen LogP contribution in [0.1, 0.15) is 32.8 Å². The maximum absolute atomic E-state index is 13.4. The number of hydrogen-bond acceptors (Lipinski definition) is 5. The number of carbonyl (C=O) groups is 2. The first-order chi connectivity index (χ1) is 13.6. The second kappa shape index (κ2) is 7.43. The highest BCUT2D eigenvalue weighted by Gasteiger charge is 2.50. The minimum Gasteiger partial charge on any atom is -0.274 e. The minimum atomic E-state index is -4.02. The summed E-state index contributed by atoms with van der Waals surface area (Å²) in [5.74, 6) is -1.09. The van der Waals surface area contributed by atoms with Crippen molar-refractivity contribution in [3.63, 3.8) is 0 Å². The molecule has 0 radical (unpaired) electrons. The second-order valence-electron chi connectivity index (χ2n) is 7.73. The Morgan fingerprint density at radius 3 is 2.14 bits per heavy atom. The molecule has 29 heavy (non-hydrogen) atoms. The Labute approximate surface area is 170 Å². The fourth-order valence-corrected chi connectivity index (χ4v) is 5.41. The van der Waals surface area contributed by atoms with Gasteiger partial charge < -0.3 is 0 Å². The number of amides is 2. The van der Waals surface area contributed by atoms with E-state index in [1.54, 1.807) is 39.0 Å². The van der Waals surface area contributed by atoms with Gasteiger partial charge in [-0.05, 0) is 57.2 Å². The molecule has 7 nitrogen and oxygen atoms in total. The molecular weight excluding hydrogens is 390 g/mol. The lowest BCUT2D eigenvalue weighted by Gasteiger charge is -2.37. The van der Waals surface area contributed by atoms with Crippen molar-refractivity contribution >= 4 is 27.5 Å². The van der Waals surface area contributed by atoms with Gasteiger partial charge in [-0.1, -0.05) is 18.2 Å². The Balaban J connectivity index is 2.03. The molecule has 1 aliphatic heterocycles. The topological polar surface area (TPSA) is 98.5 Å². The third-order valence-corrected chi connectivity index (χ3v) is 6.81. The number of imide groups is 1. The Morgan fingerprint density at radius 1 is 1.03 bits per heavy atom. The van der Waals surface area contributed by atoms with E-state index >= 15 is 0 Å². The summed E-state index contributed by atoms with van der Waals surface area (Å²) in [5.41, 5.74) is -0.226. The lowest BCUT2D eigenvalue weighted by molar-refractivity contribution is -0.122. The van der Waals surface area contributed by atoms with Gasteiger partial charge >= 0.3 is 0 Å². The summed E-state index contributed by atoms with van der Waals surface area (Å²) < 4.78 is 27.8. The van der Waals surface area contributed by atoms with Gasteiger partial charge in [-0.15, -0.1) is 0 Å². The quantitative estimate of drug-likeness (QED) is 0.721. The molecule has 1 fully saturated rings. The molecule has 0 saturated carbocycles. The maximum Gasteiger partial charge on any atom is 0.252 e. The van der Waals surface area contributed by atoms with Crippen LogP contribution in [0.25, 0.3) is 0 Å². The lowest BCUT2D eigenvalue weighted by atomic mass is 10.1. The number of hydrogen-bond donors (Lipinski definition) is 0. The largest absolute Gasteiger partial charge is 0.274 e. The van der Waals surface area contributed by atoms with Gasteiger partial charge in [-0.25, -0.2) is 13.3 Å². The third kappa shape index (κ3) is 3.79. The van der Waals surface area contributed by atoms with Gasteiger partial charge in [0, 0.05) is 5.54 Å². The van der Waals surface area contributed by atoms with Crippen LogP contribution in [0.2, 0.25) is 0 Å². The normalized spacial score (nSPS) is 17.6. The molecule has 0 bridgehead atoms. The Bertz CT molecular complexity index is 1080. The SMILES string of the molecule is CC(C)(C)N(C1CC(=O)N(c2ccc(C#N)cc2)C1=O)S(=O)(=O)c1ccccc1. The number of anilines is 1. The van der Waals surface area contributed by atoms with Gasteiger partial charge in [0.25, 0.3) is 5.91 Å². The second-order valence-corrected chi connectivity index (χ2v) is 9.55. The molecule has 2 aromatic rings. The zero-order valence-electron chi connectivity index (χ0n) is 16.4. The number of carbonyl (C=O) groups excluding carboxylic acids is 2. The first-order valence-electron chi connectivity index (χ1n) is 9.04. The summed E-state index contributed by atoms with van der Waals surface area (Å²) in [7, 11) is -4.02. The van der Waals surface area contributed by atoms with Crippen LogP contribution in [-0.2, 0) is 19.6 Å². The van der Waals surface area contributed by atoms with Crippen molar-refractivity contribution < 1.29 is 18.0 Å². The predicted octanol–water partition coefficient (Wildman–Crippen LogP) is 2.68. The maximum atomic E-state index is 13.4. The first-order valence-corrected chi connectivity index (χ1v) is 10.5. The van der Waals surface area contributed by atoms with E-state index in [1.807, 2.05) is 6.07 Å². The average molecular weight is 411 g/mol. The average Bonchev–Trinajstić information content (AvgIpc) is 2.95. The molecule has 3 rings (SSSR count). The van der Waals surface area contributed by atoms with Crippen LogP contribution < -0.4 is 4.90 Å². The molecule has 1 unspecified atom stereocenters. The highest BCUT2D eigenvalue weighted by Crippen LogP contribution is 2.34. The molecule has 0 N–H and O–H groups in total. The summed E-state index contributed by atoms with van der Waals surface area (Å²) in [6.07, 6.45) is -0.248. The van der Waals surface area contributed by atoms with E-state index in [2.05, 4.69) is 0 Å². The van der Waals surface area contributed by atoms with Crippen molar-refractivity contribution in [2.45, 2.75) is 43.7 Å². The van der Waals surface area contributed by atoms with Gasteiger partial charge in [-0.3, -0.25) is 9.59 Å². The first kappa shape index (κ1) is 20.7. The van der Waals surface area contributed by atoms with Crippen LogP contribution in [0.5, 0.6) is 0 Å². The highest BCUT2D eigenvalue weighted by molar-refractivity contribution is 7.89. The fourth-order valence-electron chi connectivity index (χ4n) is 3.46. The summed E-state index contributed by atoms with van der Waals surface area (Å²) in [5, 5.41) is 8.93. The zero-order chi connectivity index (χ0) is 21.4. The zero-order valence-corrected chi connectivity index (χ0v) is 17.2. The van der Waals surface area contributed by atoms with Crippen molar-refractivity contribution in [1.82, 2.24) is 4.31 Å². The Morgan fingerprint density at radius 2 is 1.62 bits per heavy atom. The molecule has 1 atom stereocenters. The van der Waals surface area contributed by atoms with E-state index in [9.17, 15) is 18.0 Å². The van der Waals surface area contributed by atoms with Crippen LogP contribution in [-0.4, -0.2) is 36.1 Å². The van der Waals surface area contributed by atoms with Gasteiger partial charge in [0.15, 0.2) is 0 Å². The number of nitriles is 1. The standard InChI is InChI=1S/C21H21N3O4S/c1-21(2,3)24(29(27,28)17-7-5-4-6-8-17)18-13-19(25)23(20(18)26)16-11-9-15(14-22)10-12-16/h4-12,18H,13H2,1-3H3.